The lowest BCUT2D eigenvalue weighted by Crippen LogP contribution is -2.37. The highest BCUT2D eigenvalue weighted by atomic mass is 16.4. The molecule has 1 aliphatic carbocycles. The van der Waals surface area contributed by atoms with Crippen LogP contribution in [0, 0.1) is 0 Å². The number of carboxylic acid groups (broad SMARTS) is 2. The van der Waals surface area contributed by atoms with Crippen molar-refractivity contribution in [1.82, 2.24) is 9.88 Å². The Morgan fingerprint density at radius 1 is 0.854 bits per heavy atom. The first-order valence-electron chi connectivity index (χ1n) is 15.8. The van der Waals surface area contributed by atoms with Gasteiger partial charge in [-0.25, -0.2) is 14.6 Å². The van der Waals surface area contributed by atoms with Gasteiger partial charge in [0.25, 0.3) is 5.91 Å². The fourth-order valence-corrected chi connectivity index (χ4v) is 6.09. The first-order valence-corrected chi connectivity index (χ1v) is 15.8. The Kier molecular flexibility index (Phi) is 9.59. The molecular formula is C39H35N3O6. The van der Waals surface area contributed by atoms with Gasteiger partial charge in [0.2, 0.25) is 0 Å². The lowest BCUT2D eigenvalue weighted by atomic mass is 9.90. The highest BCUT2D eigenvalue weighted by Crippen LogP contribution is 2.35. The van der Waals surface area contributed by atoms with Gasteiger partial charge in [-0.2, -0.15) is 0 Å². The smallest absolute Gasteiger partial charge is 0.336 e. The van der Waals surface area contributed by atoms with Crippen LogP contribution in [0.4, 0.5) is 5.69 Å². The molecule has 9 nitrogen and oxygen atoms in total. The zero-order valence-electron chi connectivity index (χ0n) is 26.4. The molecule has 1 unspecified atom stereocenters. The summed E-state index contributed by atoms with van der Waals surface area (Å²) in [5.74, 6) is -1.59. The Morgan fingerprint density at radius 3 is 2.27 bits per heavy atom. The zero-order valence-corrected chi connectivity index (χ0v) is 26.4. The fraction of sp³-hybridized carbons (Fsp3) is 0.179. The number of aromatic carboxylic acids is 2. The Bertz CT molecular complexity index is 2070. The van der Waals surface area contributed by atoms with E-state index in [1.54, 1.807) is 6.07 Å². The molecule has 1 amide bonds. The van der Waals surface area contributed by atoms with Crippen molar-refractivity contribution in [2.75, 3.05) is 18.9 Å². The molecule has 6 aromatic rings. The van der Waals surface area contributed by atoms with Crippen molar-refractivity contribution in [3.8, 4) is 0 Å². The minimum absolute atomic E-state index is 0.190. The molecule has 0 aliphatic heterocycles. The van der Waals surface area contributed by atoms with Gasteiger partial charge in [-0.15, -0.1) is 0 Å². The minimum atomic E-state index is -1.23. The third-order valence-corrected chi connectivity index (χ3v) is 8.71. The monoisotopic (exact) mass is 641 g/mol. The van der Waals surface area contributed by atoms with Crippen LogP contribution in [0.5, 0.6) is 0 Å². The maximum absolute atomic E-state index is 12.9. The number of carboxylic acids is 2. The number of aryl methyl sites for hydroxylation is 1. The first-order chi connectivity index (χ1) is 23.3. The average Bonchev–Trinajstić information content (AvgIpc) is 3.48. The summed E-state index contributed by atoms with van der Waals surface area (Å²) < 4.78 is 6.20. The van der Waals surface area contributed by atoms with Crippen LogP contribution in [-0.2, 0) is 19.3 Å². The molecular weight excluding hydrogens is 606 g/mol. The van der Waals surface area contributed by atoms with Crippen molar-refractivity contribution in [3.63, 3.8) is 0 Å². The zero-order chi connectivity index (χ0) is 33.6. The summed E-state index contributed by atoms with van der Waals surface area (Å²) >= 11 is 0. The molecule has 1 atom stereocenters. The summed E-state index contributed by atoms with van der Waals surface area (Å²) in [5, 5.41) is 22.2. The molecule has 2 aromatic heterocycles. The molecule has 0 bridgehead atoms. The van der Waals surface area contributed by atoms with Crippen LogP contribution < -0.4 is 5.32 Å². The number of hydrogen-bond donors (Lipinski definition) is 3. The summed E-state index contributed by atoms with van der Waals surface area (Å²) in [4.78, 5) is 40.9. The van der Waals surface area contributed by atoms with Gasteiger partial charge in [0.05, 0.1) is 16.6 Å². The van der Waals surface area contributed by atoms with Crippen LogP contribution in [0.25, 0.3) is 21.9 Å². The maximum atomic E-state index is 12.9. The van der Waals surface area contributed by atoms with Crippen molar-refractivity contribution in [2.45, 2.75) is 31.7 Å². The van der Waals surface area contributed by atoms with Gasteiger partial charge in [0.1, 0.15) is 17.0 Å². The second-order valence-corrected chi connectivity index (χ2v) is 11.8. The molecule has 0 saturated heterocycles. The second kappa shape index (κ2) is 14.3. The van der Waals surface area contributed by atoms with E-state index in [9.17, 15) is 14.4 Å². The summed E-state index contributed by atoms with van der Waals surface area (Å²) in [7, 11) is 2.23. The maximum Gasteiger partial charge on any atom is 0.336 e. The third kappa shape index (κ3) is 7.27. The van der Waals surface area contributed by atoms with Crippen LogP contribution >= 0.6 is 0 Å². The number of pyridine rings is 1. The number of hydrogen-bond acceptors (Lipinski definition) is 6. The number of nitrogens with zero attached hydrogens (tertiary/aromatic N) is 2. The SMILES string of the molecule is CN(CCc1ccccc1)C1CCc2oc3ccc(NC(=O)c4ccc5ccccc5n4)cc3c2C1.O=C(O)c1ccccc1C(=O)O. The van der Waals surface area contributed by atoms with Crippen molar-refractivity contribution < 1.29 is 29.0 Å². The normalized spacial score (nSPS) is 13.8. The van der Waals surface area contributed by atoms with E-state index in [1.165, 1.54) is 35.4 Å². The van der Waals surface area contributed by atoms with Crippen molar-refractivity contribution in [1.29, 1.82) is 0 Å². The molecule has 0 fully saturated rings. The van der Waals surface area contributed by atoms with Crippen LogP contribution in [0.15, 0.2) is 114 Å². The molecule has 1 aliphatic rings. The number of carbonyl (C=O) groups excluding carboxylic acids is 1. The summed E-state index contributed by atoms with van der Waals surface area (Å²) in [6, 6.07) is 34.0. The van der Waals surface area contributed by atoms with E-state index in [-0.39, 0.29) is 17.0 Å². The number of likely N-dealkylation sites (N-methyl/N-ethyl adjacent to an activating group) is 1. The van der Waals surface area contributed by atoms with E-state index >= 15 is 0 Å². The third-order valence-electron chi connectivity index (χ3n) is 8.71. The number of aromatic nitrogens is 1. The highest BCUT2D eigenvalue weighted by molar-refractivity contribution is 6.05. The van der Waals surface area contributed by atoms with Gasteiger partial charge in [0.15, 0.2) is 0 Å². The van der Waals surface area contributed by atoms with Gasteiger partial charge >= 0.3 is 11.9 Å². The summed E-state index contributed by atoms with van der Waals surface area (Å²) in [6.45, 7) is 1.03. The molecule has 7 rings (SSSR count). The minimum Gasteiger partial charge on any atom is -0.478 e. The number of fused-ring (bicyclic) bond motifs is 4. The lowest BCUT2D eigenvalue weighted by Gasteiger charge is -2.31. The second-order valence-electron chi connectivity index (χ2n) is 11.8. The quantitative estimate of drug-likeness (QED) is 0.157. The Balaban J connectivity index is 0.000000284. The predicted octanol–water partition coefficient (Wildman–Crippen LogP) is 7.35. The lowest BCUT2D eigenvalue weighted by molar-refractivity contribution is 0.0651. The first kappa shape index (κ1) is 32.2. The van der Waals surface area contributed by atoms with Gasteiger partial charge in [-0.05, 0) is 74.3 Å². The van der Waals surface area contributed by atoms with Crippen molar-refractivity contribution in [2.24, 2.45) is 0 Å². The predicted molar refractivity (Wildman–Crippen MR) is 185 cm³/mol. The van der Waals surface area contributed by atoms with E-state index < -0.39 is 11.9 Å². The molecule has 48 heavy (non-hydrogen) atoms. The van der Waals surface area contributed by atoms with Gasteiger partial charge in [-0.1, -0.05) is 66.7 Å². The molecule has 242 valence electrons. The van der Waals surface area contributed by atoms with E-state index in [0.717, 1.165) is 65.5 Å². The number of anilines is 1. The molecule has 0 radical (unpaired) electrons. The van der Waals surface area contributed by atoms with E-state index in [1.807, 2.05) is 48.5 Å². The van der Waals surface area contributed by atoms with E-state index in [2.05, 4.69) is 52.6 Å². The molecule has 0 saturated carbocycles. The van der Waals surface area contributed by atoms with Gasteiger partial charge in [0, 0.05) is 41.0 Å². The standard InChI is InChI=1S/C31H29N3O2.C8H6O4/c1-34(18-17-21-7-3-2-4-8-21)24-13-16-30-26(20-24)25-19-23(12-15-29(25)36-30)32-31(35)28-14-11-22-9-5-6-10-27(22)33-28;9-7(10)5-3-1-2-4-6(5)8(11)12/h2-12,14-15,19,24H,13,16-18,20H2,1H3,(H,32,35);1-4H,(H,9,10)(H,11,12). The van der Waals surface area contributed by atoms with Crippen LogP contribution in [0.1, 0.15) is 54.5 Å². The van der Waals surface area contributed by atoms with E-state index in [4.69, 9.17) is 14.6 Å². The fourth-order valence-electron chi connectivity index (χ4n) is 6.09. The average molecular weight is 642 g/mol. The van der Waals surface area contributed by atoms with Gasteiger partial charge in [-0.3, -0.25) is 4.79 Å². The summed E-state index contributed by atoms with van der Waals surface area (Å²) in [5.41, 5.74) is 5.12. The Morgan fingerprint density at radius 2 is 1.54 bits per heavy atom. The van der Waals surface area contributed by atoms with Crippen LogP contribution in [0.2, 0.25) is 0 Å². The summed E-state index contributed by atoms with van der Waals surface area (Å²) in [6.07, 6.45) is 4.03. The van der Waals surface area contributed by atoms with Crippen molar-refractivity contribution in [3.05, 3.63) is 143 Å². The molecule has 2 heterocycles. The van der Waals surface area contributed by atoms with E-state index in [0.29, 0.717) is 11.7 Å². The Hall–Kier alpha value is -5.80. The largest absolute Gasteiger partial charge is 0.478 e. The number of para-hydroxylation sites is 1. The molecule has 0 spiro atoms. The molecule has 9 heteroatoms. The topological polar surface area (TPSA) is 133 Å². The van der Waals surface area contributed by atoms with Crippen molar-refractivity contribution >= 4 is 45.4 Å². The number of amides is 1. The molecule has 4 aromatic carbocycles. The Labute approximate surface area is 277 Å². The molecule has 3 N–H and O–H groups in total. The number of benzene rings is 4. The number of furan rings is 1. The van der Waals surface area contributed by atoms with Crippen LogP contribution in [0.3, 0.4) is 0 Å². The van der Waals surface area contributed by atoms with Crippen LogP contribution in [-0.4, -0.2) is 57.6 Å². The highest BCUT2D eigenvalue weighted by Gasteiger charge is 2.27. The number of nitrogens with one attached hydrogen (secondary N) is 1. The number of carbonyl (C=O) groups is 3. The van der Waals surface area contributed by atoms with Gasteiger partial charge < -0.3 is 24.8 Å². The number of rotatable bonds is 8.